The summed E-state index contributed by atoms with van der Waals surface area (Å²) >= 11 is 0. The van der Waals surface area contributed by atoms with Gasteiger partial charge in [0.25, 0.3) is 0 Å². The van der Waals surface area contributed by atoms with Crippen LogP contribution < -0.4 is 4.90 Å². The molecule has 2 heteroatoms. The van der Waals surface area contributed by atoms with Gasteiger partial charge in [0.2, 0.25) is 0 Å². The fourth-order valence-electron chi connectivity index (χ4n) is 2.04. The topological polar surface area (TPSA) is 23.5 Å². The van der Waals surface area contributed by atoms with Crippen molar-refractivity contribution in [2.45, 2.75) is 45.8 Å². The van der Waals surface area contributed by atoms with E-state index < -0.39 is 0 Å². The van der Waals surface area contributed by atoms with E-state index in [-0.39, 0.29) is 6.10 Å². The maximum Gasteiger partial charge on any atom is 0.0761 e. The number of nitrogens with zero attached hydrogens (tertiary/aromatic N) is 1. The van der Waals surface area contributed by atoms with Gasteiger partial charge >= 0.3 is 0 Å². The average Bonchev–Trinajstić information content (AvgIpc) is 2.30. The van der Waals surface area contributed by atoms with Gasteiger partial charge in [-0.25, -0.2) is 0 Å². The van der Waals surface area contributed by atoms with Crippen LogP contribution in [0.3, 0.4) is 0 Å². The van der Waals surface area contributed by atoms with E-state index in [1.165, 1.54) is 5.69 Å². The zero-order chi connectivity index (χ0) is 12.1. The summed E-state index contributed by atoms with van der Waals surface area (Å²) in [6.07, 6.45) is 1.93. The highest BCUT2D eigenvalue weighted by molar-refractivity contribution is 5.48. The molecule has 0 aliphatic rings. The molecular weight excluding hydrogens is 198 g/mol. The summed E-state index contributed by atoms with van der Waals surface area (Å²) in [5, 5.41) is 9.44. The molecule has 0 bridgehead atoms. The first kappa shape index (κ1) is 13.0. The molecule has 0 aromatic heterocycles. The number of hydrogen-bond donors (Lipinski definition) is 1. The van der Waals surface area contributed by atoms with Gasteiger partial charge < -0.3 is 10.0 Å². The Morgan fingerprint density at radius 3 is 2.00 bits per heavy atom. The molecule has 0 unspecified atom stereocenters. The van der Waals surface area contributed by atoms with Crippen molar-refractivity contribution < 1.29 is 5.11 Å². The van der Waals surface area contributed by atoms with Gasteiger partial charge in [-0.15, -0.1) is 0 Å². The first-order valence-electron chi connectivity index (χ1n) is 6.11. The second-order valence-electron chi connectivity index (χ2n) is 4.35. The summed E-state index contributed by atoms with van der Waals surface area (Å²) in [6.45, 7) is 6.23. The van der Waals surface area contributed by atoms with Gasteiger partial charge in [0, 0.05) is 18.8 Å². The molecule has 0 aliphatic carbocycles. The second-order valence-corrected chi connectivity index (χ2v) is 4.35. The molecule has 90 valence electrons. The van der Waals surface area contributed by atoms with Crippen LogP contribution >= 0.6 is 0 Å². The molecule has 0 saturated heterocycles. The Bertz CT molecular complexity index is 301. The number of aliphatic hydroxyl groups is 1. The van der Waals surface area contributed by atoms with Crippen molar-refractivity contribution >= 4 is 5.69 Å². The molecule has 2 nitrogen and oxygen atoms in total. The van der Waals surface area contributed by atoms with Crippen LogP contribution in [0, 0.1) is 0 Å². The lowest BCUT2D eigenvalue weighted by Gasteiger charge is -2.28. The minimum Gasteiger partial charge on any atom is -0.389 e. The Hall–Kier alpha value is -1.02. The summed E-state index contributed by atoms with van der Waals surface area (Å²) in [6, 6.07) is 8.76. The smallest absolute Gasteiger partial charge is 0.0761 e. The molecule has 0 heterocycles. The summed E-state index contributed by atoms with van der Waals surface area (Å²) in [5.74, 6) is 0. The summed E-state index contributed by atoms with van der Waals surface area (Å²) in [7, 11) is 2.13. The van der Waals surface area contributed by atoms with Crippen LogP contribution in [0.2, 0.25) is 0 Å². The Morgan fingerprint density at radius 2 is 1.62 bits per heavy atom. The minimum atomic E-state index is -0.382. The molecule has 1 rings (SSSR count). The Labute approximate surface area is 98.9 Å². The monoisotopic (exact) mass is 221 g/mol. The third kappa shape index (κ3) is 2.99. The molecule has 0 radical (unpaired) electrons. The second kappa shape index (κ2) is 5.90. The summed E-state index contributed by atoms with van der Waals surface area (Å²) in [4.78, 5) is 2.31. The lowest BCUT2D eigenvalue weighted by molar-refractivity contribution is 0.199. The van der Waals surface area contributed by atoms with Crippen LogP contribution in [0.25, 0.3) is 0 Å². The van der Waals surface area contributed by atoms with Crippen molar-refractivity contribution in [3.63, 3.8) is 0 Å². The third-order valence-corrected chi connectivity index (χ3v) is 3.27. The SMILES string of the molecule is CCC(CC)N(C)c1ccc([C@@H](C)O)cc1. The normalized spacial score (nSPS) is 12.9. The first-order chi connectivity index (χ1) is 7.60. The Balaban J connectivity index is 2.80. The van der Waals surface area contributed by atoms with Crippen molar-refractivity contribution in [1.82, 2.24) is 0 Å². The van der Waals surface area contributed by atoms with E-state index in [9.17, 15) is 5.11 Å². The van der Waals surface area contributed by atoms with Gasteiger partial charge in [-0.2, -0.15) is 0 Å². The van der Waals surface area contributed by atoms with Crippen LogP contribution in [-0.2, 0) is 0 Å². The number of aliphatic hydroxyl groups excluding tert-OH is 1. The zero-order valence-electron chi connectivity index (χ0n) is 10.8. The van der Waals surface area contributed by atoms with Crippen molar-refractivity contribution in [3.05, 3.63) is 29.8 Å². The molecule has 0 spiro atoms. The molecule has 0 fully saturated rings. The van der Waals surface area contributed by atoms with Gasteiger partial charge in [-0.05, 0) is 37.5 Å². The van der Waals surface area contributed by atoms with Crippen molar-refractivity contribution in [3.8, 4) is 0 Å². The maximum absolute atomic E-state index is 9.44. The van der Waals surface area contributed by atoms with Crippen molar-refractivity contribution in [2.75, 3.05) is 11.9 Å². The molecular formula is C14H23NO. The van der Waals surface area contributed by atoms with Crippen LogP contribution in [0.4, 0.5) is 5.69 Å². The molecule has 0 saturated carbocycles. The highest BCUT2D eigenvalue weighted by Crippen LogP contribution is 2.21. The number of anilines is 1. The molecule has 16 heavy (non-hydrogen) atoms. The lowest BCUT2D eigenvalue weighted by Crippen LogP contribution is -2.30. The molecule has 1 N–H and O–H groups in total. The van der Waals surface area contributed by atoms with Gasteiger partial charge in [-0.3, -0.25) is 0 Å². The van der Waals surface area contributed by atoms with Crippen molar-refractivity contribution in [1.29, 1.82) is 0 Å². The fraction of sp³-hybridized carbons (Fsp3) is 0.571. The Morgan fingerprint density at radius 1 is 1.12 bits per heavy atom. The summed E-state index contributed by atoms with van der Waals surface area (Å²) < 4.78 is 0. The van der Waals surface area contributed by atoms with Crippen molar-refractivity contribution in [2.24, 2.45) is 0 Å². The molecule has 1 aromatic rings. The van der Waals surface area contributed by atoms with E-state index in [1.54, 1.807) is 6.92 Å². The minimum absolute atomic E-state index is 0.382. The van der Waals surface area contributed by atoms with E-state index in [0.717, 1.165) is 18.4 Å². The van der Waals surface area contributed by atoms with Crippen LogP contribution in [0.15, 0.2) is 24.3 Å². The van der Waals surface area contributed by atoms with Crippen LogP contribution in [0.5, 0.6) is 0 Å². The predicted molar refractivity (Wildman–Crippen MR) is 69.8 cm³/mol. The van der Waals surface area contributed by atoms with E-state index >= 15 is 0 Å². The van der Waals surface area contributed by atoms with E-state index in [4.69, 9.17) is 0 Å². The molecule has 0 aliphatic heterocycles. The quantitative estimate of drug-likeness (QED) is 0.824. The fourth-order valence-corrected chi connectivity index (χ4v) is 2.04. The number of hydrogen-bond acceptors (Lipinski definition) is 2. The lowest BCUT2D eigenvalue weighted by atomic mass is 10.1. The highest BCUT2D eigenvalue weighted by atomic mass is 16.3. The maximum atomic E-state index is 9.44. The largest absolute Gasteiger partial charge is 0.389 e. The first-order valence-corrected chi connectivity index (χ1v) is 6.11. The van der Waals surface area contributed by atoms with E-state index in [0.29, 0.717) is 6.04 Å². The van der Waals surface area contributed by atoms with Gasteiger partial charge in [-0.1, -0.05) is 26.0 Å². The molecule has 1 aromatic carbocycles. The summed E-state index contributed by atoms with van der Waals surface area (Å²) in [5.41, 5.74) is 2.19. The van der Waals surface area contributed by atoms with Crippen LogP contribution in [0.1, 0.15) is 45.3 Å². The Kier molecular flexibility index (Phi) is 4.81. The van der Waals surface area contributed by atoms with E-state index in [2.05, 4.69) is 37.9 Å². The molecule has 0 amide bonds. The predicted octanol–water partition coefficient (Wildman–Crippen LogP) is 3.36. The third-order valence-electron chi connectivity index (χ3n) is 3.27. The van der Waals surface area contributed by atoms with Gasteiger partial charge in [0.05, 0.1) is 6.10 Å². The van der Waals surface area contributed by atoms with Gasteiger partial charge in [0.1, 0.15) is 0 Å². The standard InChI is InChI=1S/C14H23NO/c1-5-13(6-2)15(4)14-9-7-12(8-10-14)11(3)16/h7-11,13,16H,5-6H2,1-4H3/t11-/m1/s1. The van der Waals surface area contributed by atoms with E-state index in [1.807, 2.05) is 12.1 Å². The molecule has 1 atom stereocenters. The zero-order valence-corrected chi connectivity index (χ0v) is 10.8. The number of rotatable bonds is 5. The highest BCUT2D eigenvalue weighted by Gasteiger charge is 2.11. The van der Waals surface area contributed by atoms with Gasteiger partial charge in [0.15, 0.2) is 0 Å². The average molecular weight is 221 g/mol. The van der Waals surface area contributed by atoms with Crippen LogP contribution in [-0.4, -0.2) is 18.2 Å². The number of benzene rings is 1.